The maximum atomic E-state index is 13.8. The van der Waals surface area contributed by atoms with Crippen LogP contribution in [0.4, 0.5) is 0 Å². The Kier molecular flexibility index (Phi) is 5.44. The van der Waals surface area contributed by atoms with E-state index < -0.39 is 0 Å². The smallest absolute Gasteiger partial charge is 0.296 e. The van der Waals surface area contributed by atoms with E-state index >= 15 is 0 Å². The molecule has 5 aromatic rings. The summed E-state index contributed by atoms with van der Waals surface area (Å²) in [7, 11) is 1.84. The van der Waals surface area contributed by atoms with Crippen molar-refractivity contribution < 1.29 is 14.3 Å². The zero-order chi connectivity index (χ0) is 25.7. The third-order valence-electron chi connectivity index (χ3n) is 6.85. The average Bonchev–Trinajstić information content (AvgIpc) is 3.22. The zero-order valence-electron chi connectivity index (χ0n) is 20.8. The molecule has 37 heavy (non-hydrogen) atoms. The molecule has 1 unspecified atom stereocenters. The van der Waals surface area contributed by atoms with Crippen LogP contribution in [0.15, 0.2) is 71.5 Å². The van der Waals surface area contributed by atoms with Crippen molar-refractivity contribution in [1.29, 1.82) is 0 Å². The molecule has 8 nitrogen and oxygen atoms in total. The van der Waals surface area contributed by atoms with Gasteiger partial charge in [-0.3, -0.25) is 9.59 Å². The number of nitrogens with one attached hydrogen (secondary N) is 1. The predicted molar refractivity (Wildman–Crippen MR) is 142 cm³/mol. The normalized spacial score (nSPS) is 13.6. The standard InChI is InChI=1S/C29H26N4O4/c1-17-8-11-20(12-9-17)33-29(35)27-25(21-6-4-5-7-22(21)32(27)3)26(31-33)28(34)30-18(2)19-10-13-23-24(16-19)37-15-14-36-23/h4-13,16,18H,14-15H2,1-3H3,(H,30,34). The average molecular weight is 495 g/mol. The highest BCUT2D eigenvalue weighted by Crippen LogP contribution is 2.33. The van der Waals surface area contributed by atoms with Gasteiger partial charge in [-0.25, -0.2) is 0 Å². The van der Waals surface area contributed by atoms with Crippen molar-refractivity contribution in [3.8, 4) is 17.2 Å². The molecule has 1 N–H and O–H groups in total. The Morgan fingerprint density at radius 1 is 1.00 bits per heavy atom. The van der Waals surface area contributed by atoms with Gasteiger partial charge in [0.15, 0.2) is 17.2 Å². The molecular formula is C29H26N4O4. The van der Waals surface area contributed by atoms with Gasteiger partial charge in [0.05, 0.1) is 11.7 Å². The van der Waals surface area contributed by atoms with E-state index in [-0.39, 0.29) is 23.2 Å². The molecular weight excluding hydrogens is 468 g/mol. The van der Waals surface area contributed by atoms with Crippen LogP contribution in [0.1, 0.15) is 34.6 Å². The van der Waals surface area contributed by atoms with Crippen molar-refractivity contribution >= 4 is 27.7 Å². The number of rotatable bonds is 4. The molecule has 0 radical (unpaired) electrons. The van der Waals surface area contributed by atoms with Gasteiger partial charge in [0, 0.05) is 23.3 Å². The summed E-state index contributed by atoms with van der Waals surface area (Å²) in [5.74, 6) is 0.981. The lowest BCUT2D eigenvalue weighted by Gasteiger charge is -2.21. The number of nitrogens with zero attached hydrogens (tertiary/aromatic N) is 3. The van der Waals surface area contributed by atoms with Crippen LogP contribution >= 0.6 is 0 Å². The summed E-state index contributed by atoms with van der Waals surface area (Å²) >= 11 is 0. The third-order valence-corrected chi connectivity index (χ3v) is 6.85. The Bertz CT molecular complexity index is 1730. The molecule has 1 aliphatic rings. The lowest BCUT2D eigenvalue weighted by Crippen LogP contribution is -2.32. The number of amides is 1. The monoisotopic (exact) mass is 494 g/mol. The van der Waals surface area contributed by atoms with Crippen LogP contribution < -0.4 is 20.3 Å². The van der Waals surface area contributed by atoms with Gasteiger partial charge >= 0.3 is 0 Å². The van der Waals surface area contributed by atoms with Crippen molar-refractivity contribution in [2.24, 2.45) is 7.05 Å². The molecule has 0 bridgehead atoms. The fourth-order valence-electron chi connectivity index (χ4n) is 4.88. The Hall–Kier alpha value is -4.59. The van der Waals surface area contributed by atoms with Crippen LogP contribution in [0.3, 0.4) is 0 Å². The first kappa shape index (κ1) is 22.8. The number of aryl methyl sites for hydroxylation is 2. The Balaban J connectivity index is 1.49. The number of hydrogen-bond acceptors (Lipinski definition) is 5. The number of carbonyl (C=O) groups excluding carboxylic acids is 1. The molecule has 1 aliphatic heterocycles. The van der Waals surface area contributed by atoms with Crippen LogP contribution in [0.2, 0.25) is 0 Å². The van der Waals surface area contributed by atoms with E-state index in [0.29, 0.717) is 41.3 Å². The quantitative estimate of drug-likeness (QED) is 0.399. The van der Waals surface area contributed by atoms with E-state index in [0.717, 1.165) is 22.0 Å². The summed E-state index contributed by atoms with van der Waals surface area (Å²) in [5.41, 5.74) is 3.72. The topological polar surface area (TPSA) is 87.4 Å². The minimum Gasteiger partial charge on any atom is -0.486 e. The molecule has 1 amide bonds. The molecule has 0 aliphatic carbocycles. The number of benzene rings is 3. The maximum Gasteiger partial charge on any atom is 0.296 e. The van der Waals surface area contributed by atoms with Gasteiger partial charge in [0.25, 0.3) is 11.5 Å². The number of fused-ring (bicyclic) bond motifs is 4. The Morgan fingerprint density at radius 2 is 1.73 bits per heavy atom. The molecule has 6 rings (SSSR count). The Morgan fingerprint density at radius 3 is 2.51 bits per heavy atom. The molecule has 0 saturated carbocycles. The summed E-state index contributed by atoms with van der Waals surface area (Å²) in [5, 5.41) is 9.03. The molecule has 2 aromatic heterocycles. The second kappa shape index (κ2) is 8.81. The van der Waals surface area contributed by atoms with Crippen molar-refractivity contribution in [2.75, 3.05) is 13.2 Å². The minimum atomic E-state index is -0.371. The molecule has 3 heterocycles. The lowest BCUT2D eigenvalue weighted by atomic mass is 10.1. The zero-order valence-corrected chi connectivity index (χ0v) is 20.8. The number of para-hydroxylation sites is 1. The van der Waals surface area contributed by atoms with Crippen molar-refractivity contribution in [3.05, 3.63) is 93.9 Å². The highest BCUT2D eigenvalue weighted by molar-refractivity contribution is 6.16. The molecule has 0 saturated heterocycles. The van der Waals surface area contributed by atoms with Crippen LogP contribution in [0.5, 0.6) is 11.5 Å². The summed E-state index contributed by atoms with van der Waals surface area (Å²) < 4.78 is 14.5. The van der Waals surface area contributed by atoms with Gasteiger partial charge in [-0.2, -0.15) is 9.78 Å². The first-order chi connectivity index (χ1) is 17.9. The van der Waals surface area contributed by atoms with E-state index in [4.69, 9.17) is 9.47 Å². The fourth-order valence-corrected chi connectivity index (χ4v) is 4.88. The van der Waals surface area contributed by atoms with Crippen molar-refractivity contribution in [2.45, 2.75) is 19.9 Å². The summed E-state index contributed by atoms with van der Waals surface area (Å²) in [6.45, 7) is 4.88. The van der Waals surface area contributed by atoms with Gasteiger partial charge in [-0.1, -0.05) is 42.0 Å². The molecule has 0 fully saturated rings. The fraction of sp³-hybridized carbons (Fsp3) is 0.207. The molecule has 3 aromatic carbocycles. The van der Waals surface area contributed by atoms with E-state index in [1.807, 2.05) is 92.2 Å². The van der Waals surface area contributed by atoms with Crippen LogP contribution in [0, 0.1) is 6.92 Å². The number of hydrogen-bond donors (Lipinski definition) is 1. The van der Waals surface area contributed by atoms with Gasteiger partial charge in [0.1, 0.15) is 18.7 Å². The first-order valence-electron chi connectivity index (χ1n) is 12.2. The van der Waals surface area contributed by atoms with E-state index in [9.17, 15) is 9.59 Å². The number of aromatic nitrogens is 3. The third kappa shape index (κ3) is 3.81. The van der Waals surface area contributed by atoms with Crippen molar-refractivity contribution in [1.82, 2.24) is 19.7 Å². The number of carbonyl (C=O) groups is 1. The van der Waals surface area contributed by atoms with Gasteiger partial charge < -0.3 is 19.4 Å². The summed E-state index contributed by atoms with van der Waals surface area (Å²) in [6, 6.07) is 20.5. The molecule has 0 spiro atoms. The van der Waals surface area contributed by atoms with Crippen LogP contribution in [0.25, 0.3) is 27.5 Å². The predicted octanol–water partition coefficient (Wildman–Crippen LogP) is 4.45. The molecule has 186 valence electrons. The largest absolute Gasteiger partial charge is 0.486 e. The minimum absolute atomic E-state index is 0.191. The van der Waals surface area contributed by atoms with Crippen LogP contribution in [-0.4, -0.2) is 33.5 Å². The second-order valence-corrected chi connectivity index (χ2v) is 9.30. The first-order valence-corrected chi connectivity index (χ1v) is 12.2. The highest BCUT2D eigenvalue weighted by Gasteiger charge is 2.25. The van der Waals surface area contributed by atoms with E-state index in [1.54, 1.807) is 0 Å². The second-order valence-electron chi connectivity index (χ2n) is 9.30. The summed E-state index contributed by atoms with van der Waals surface area (Å²) in [4.78, 5) is 27.5. The van der Waals surface area contributed by atoms with Gasteiger partial charge in [-0.15, -0.1) is 0 Å². The SMILES string of the molecule is Cc1ccc(-n2nc(C(=O)NC(C)c3ccc4c(c3)OCCO4)c3c4ccccc4n(C)c3c2=O)cc1. The number of ether oxygens (including phenoxy) is 2. The van der Waals surface area contributed by atoms with E-state index in [1.165, 1.54) is 4.68 Å². The van der Waals surface area contributed by atoms with Gasteiger partial charge in [-0.05, 0) is 49.7 Å². The molecule has 1 atom stereocenters. The highest BCUT2D eigenvalue weighted by atomic mass is 16.6. The summed E-state index contributed by atoms with van der Waals surface area (Å²) in [6.07, 6.45) is 0. The van der Waals surface area contributed by atoms with E-state index in [2.05, 4.69) is 10.4 Å². The van der Waals surface area contributed by atoms with Gasteiger partial charge in [0.2, 0.25) is 0 Å². The van der Waals surface area contributed by atoms with Crippen LogP contribution in [-0.2, 0) is 7.05 Å². The lowest BCUT2D eigenvalue weighted by molar-refractivity contribution is 0.0935. The maximum absolute atomic E-state index is 13.8. The Labute approximate surface area is 213 Å². The molecule has 8 heteroatoms. The van der Waals surface area contributed by atoms with Crippen molar-refractivity contribution in [3.63, 3.8) is 0 Å².